The molecule has 118 valence electrons. The van der Waals surface area contributed by atoms with Crippen LogP contribution in [-0.4, -0.2) is 66.7 Å². The van der Waals surface area contributed by atoms with Crippen molar-refractivity contribution in [3.05, 3.63) is 0 Å². The Morgan fingerprint density at radius 1 is 1.14 bits per heavy atom. The zero-order valence-corrected chi connectivity index (χ0v) is 13.6. The zero-order chi connectivity index (χ0) is 15.2. The number of rotatable bonds is 6. The fourth-order valence-electron chi connectivity index (χ4n) is 2.28. The number of piperidine rings is 1. The van der Waals surface area contributed by atoms with E-state index in [2.05, 4.69) is 44.5 Å². The molecule has 1 saturated heterocycles. The van der Waals surface area contributed by atoms with Gasteiger partial charge in [0.05, 0.1) is 0 Å². The van der Waals surface area contributed by atoms with Crippen LogP contribution in [0.1, 0.15) is 26.2 Å². The van der Waals surface area contributed by atoms with Gasteiger partial charge in [-0.15, -0.1) is 0 Å². The molecule has 0 saturated carbocycles. The highest BCUT2D eigenvalue weighted by Crippen LogP contribution is 2.16. The summed E-state index contributed by atoms with van der Waals surface area (Å²) >= 11 is 0. The molecular weight excluding hydrogens is 266 g/mol. The Labute approximate surface area is 127 Å². The predicted molar refractivity (Wildman–Crippen MR) is 87.1 cm³/mol. The lowest BCUT2D eigenvalue weighted by Crippen LogP contribution is -2.37. The maximum absolute atomic E-state index is 4.49. The van der Waals surface area contributed by atoms with Crippen LogP contribution in [0.3, 0.4) is 0 Å². The number of nitrogens with one attached hydrogen (secondary N) is 2. The smallest absolute Gasteiger partial charge is 0.231 e. The Hall–Kier alpha value is -1.63. The van der Waals surface area contributed by atoms with Gasteiger partial charge < -0.3 is 20.4 Å². The van der Waals surface area contributed by atoms with E-state index >= 15 is 0 Å². The molecule has 1 fully saturated rings. The summed E-state index contributed by atoms with van der Waals surface area (Å²) in [6, 6.07) is 0.442. The van der Waals surface area contributed by atoms with Crippen molar-refractivity contribution in [2.24, 2.45) is 0 Å². The quantitative estimate of drug-likeness (QED) is 0.818. The zero-order valence-electron chi connectivity index (χ0n) is 13.6. The van der Waals surface area contributed by atoms with Gasteiger partial charge in [-0.05, 0) is 39.4 Å². The molecule has 0 unspecified atom stereocenters. The van der Waals surface area contributed by atoms with Crippen LogP contribution < -0.4 is 15.5 Å². The highest BCUT2D eigenvalue weighted by atomic mass is 15.3. The van der Waals surface area contributed by atoms with E-state index in [9.17, 15) is 0 Å². The van der Waals surface area contributed by atoms with E-state index in [-0.39, 0.29) is 0 Å². The second kappa shape index (κ2) is 7.40. The Kier molecular flexibility index (Phi) is 5.55. The second-order valence-corrected chi connectivity index (χ2v) is 5.83. The minimum absolute atomic E-state index is 0.442. The summed E-state index contributed by atoms with van der Waals surface area (Å²) in [7, 11) is 6.05. The molecule has 0 atom stereocenters. The molecule has 0 radical (unpaired) electrons. The van der Waals surface area contributed by atoms with E-state index < -0.39 is 0 Å². The predicted octanol–water partition coefficient (Wildman–Crippen LogP) is 1.27. The molecule has 2 rings (SSSR count). The molecule has 0 aromatic carbocycles. The third-order valence-corrected chi connectivity index (χ3v) is 3.61. The van der Waals surface area contributed by atoms with Crippen LogP contribution in [0.5, 0.6) is 0 Å². The summed E-state index contributed by atoms with van der Waals surface area (Å²) in [6.07, 6.45) is 3.29. The molecule has 7 heteroatoms. The summed E-state index contributed by atoms with van der Waals surface area (Å²) in [6.45, 7) is 5.22. The second-order valence-electron chi connectivity index (χ2n) is 5.83. The highest BCUT2D eigenvalue weighted by Gasteiger charge is 2.18. The van der Waals surface area contributed by atoms with Crippen LogP contribution in [-0.2, 0) is 0 Å². The summed E-state index contributed by atoms with van der Waals surface area (Å²) in [5.41, 5.74) is 0. The van der Waals surface area contributed by atoms with Gasteiger partial charge in [-0.2, -0.15) is 15.0 Å². The maximum atomic E-state index is 4.49. The van der Waals surface area contributed by atoms with E-state index in [1.54, 1.807) is 0 Å². The maximum Gasteiger partial charge on any atom is 0.231 e. The van der Waals surface area contributed by atoms with Crippen LogP contribution in [0.2, 0.25) is 0 Å². The average molecular weight is 293 g/mol. The van der Waals surface area contributed by atoms with Crippen LogP contribution in [0.25, 0.3) is 0 Å². The molecule has 0 amide bonds. The first-order valence-electron chi connectivity index (χ1n) is 7.71. The average Bonchev–Trinajstić information content (AvgIpc) is 2.47. The lowest BCUT2D eigenvalue weighted by molar-refractivity contribution is 0.263. The number of aromatic nitrogens is 3. The highest BCUT2D eigenvalue weighted by molar-refractivity contribution is 5.43. The normalized spacial score (nSPS) is 16.8. The monoisotopic (exact) mass is 293 g/mol. The molecule has 0 aliphatic carbocycles. The summed E-state index contributed by atoms with van der Waals surface area (Å²) < 4.78 is 0. The van der Waals surface area contributed by atoms with Crippen LogP contribution in [0.4, 0.5) is 17.8 Å². The van der Waals surface area contributed by atoms with Crippen LogP contribution >= 0.6 is 0 Å². The lowest BCUT2D eigenvalue weighted by Gasteiger charge is -2.29. The van der Waals surface area contributed by atoms with Crippen molar-refractivity contribution in [2.45, 2.75) is 32.2 Å². The first-order chi connectivity index (χ1) is 10.1. The molecule has 1 aliphatic rings. The van der Waals surface area contributed by atoms with Crippen molar-refractivity contribution in [3.8, 4) is 0 Å². The third-order valence-electron chi connectivity index (χ3n) is 3.61. The van der Waals surface area contributed by atoms with E-state index in [0.717, 1.165) is 38.9 Å². The molecule has 0 spiro atoms. The van der Waals surface area contributed by atoms with Gasteiger partial charge in [0.2, 0.25) is 17.8 Å². The molecule has 21 heavy (non-hydrogen) atoms. The SMILES string of the molecule is CCCNc1nc(NC2CCN(C)CC2)nc(N(C)C)n1. The first-order valence-corrected chi connectivity index (χ1v) is 7.71. The van der Waals surface area contributed by atoms with Crippen molar-refractivity contribution in [3.63, 3.8) is 0 Å². The summed E-state index contributed by atoms with van der Waals surface area (Å²) in [4.78, 5) is 17.6. The molecule has 7 nitrogen and oxygen atoms in total. The molecule has 2 heterocycles. The first kappa shape index (κ1) is 15.8. The van der Waals surface area contributed by atoms with Gasteiger partial charge in [0.1, 0.15) is 0 Å². The molecule has 0 bridgehead atoms. The Bertz CT molecular complexity index is 441. The number of likely N-dealkylation sites (tertiary alicyclic amines) is 1. The van der Waals surface area contributed by atoms with E-state index in [1.165, 1.54) is 0 Å². The molecule has 2 N–H and O–H groups in total. The van der Waals surface area contributed by atoms with Gasteiger partial charge in [0.15, 0.2) is 0 Å². The Morgan fingerprint density at radius 3 is 2.43 bits per heavy atom. The molecule has 1 aromatic rings. The van der Waals surface area contributed by atoms with Crippen molar-refractivity contribution in [1.29, 1.82) is 0 Å². The molecular formula is C14H27N7. The largest absolute Gasteiger partial charge is 0.354 e. The number of hydrogen-bond donors (Lipinski definition) is 2. The van der Waals surface area contributed by atoms with Gasteiger partial charge in [-0.25, -0.2) is 0 Å². The summed E-state index contributed by atoms with van der Waals surface area (Å²) in [5, 5.41) is 6.70. The van der Waals surface area contributed by atoms with Crippen molar-refractivity contribution < 1.29 is 0 Å². The van der Waals surface area contributed by atoms with Crippen LogP contribution in [0, 0.1) is 0 Å². The number of nitrogens with zero attached hydrogens (tertiary/aromatic N) is 5. The van der Waals surface area contributed by atoms with Gasteiger partial charge in [-0.1, -0.05) is 6.92 Å². The van der Waals surface area contributed by atoms with Crippen molar-refractivity contribution in [1.82, 2.24) is 19.9 Å². The van der Waals surface area contributed by atoms with Crippen LogP contribution in [0.15, 0.2) is 0 Å². The fraction of sp³-hybridized carbons (Fsp3) is 0.786. The minimum atomic E-state index is 0.442. The number of hydrogen-bond acceptors (Lipinski definition) is 7. The van der Waals surface area contributed by atoms with E-state index in [1.807, 2.05) is 19.0 Å². The Balaban J connectivity index is 2.07. The van der Waals surface area contributed by atoms with Gasteiger partial charge in [0, 0.05) is 26.7 Å². The van der Waals surface area contributed by atoms with Gasteiger partial charge in [0.25, 0.3) is 0 Å². The van der Waals surface area contributed by atoms with Gasteiger partial charge >= 0.3 is 0 Å². The van der Waals surface area contributed by atoms with E-state index in [4.69, 9.17) is 0 Å². The fourth-order valence-corrected chi connectivity index (χ4v) is 2.28. The lowest BCUT2D eigenvalue weighted by atomic mass is 10.1. The van der Waals surface area contributed by atoms with Crippen molar-refractivity contribution in [2.75, 3.05) is 56.3 Å². The van der Waals surface area contributed by atoms with Gasteiger partial charge in [-0.3, -0.25) is 0 Å². The molecule has 1 aliphatic heterocycles. The van der Waals surface area contributed by atoms with E-state index in [0.29, 0.717) is 23.9 Å². The molecule has 1 aromatic heterocycles. The summed E-state index contributed by atoms with van der Waals surface area (Å²) in [5.74, 6) is 1.99. The standard InChI is InChI=1S/C14H27N7/c1-5-8-15-12-17-13(19-14(18-12)20(2)3)16-11-6-9-21(4)10-7-11/h11H,5-10H2,1-4H3,(H2,15,16,17,18,19). The Morgan fingerprint density at radius 2 is 1.81 bits per heavy atom. The van der Waals surface area contributed by atoms with Crippen molar-refractivity contribution >= 4 is 17.8 Å². The third kappa shape index (κ3) is 4.70. The topological polar surface area (TPSA) is 69.2 Å². The number of anilines is 3. The minimum Gasteiger partial charge on any atom is -0.354 e.